The number of halogens is 4. The molecule has 160 valence electrons. The molecule has 0 aliphatic carbocycles. The second-order valence-corrected chi connectivity index (χ2v) is 9.04. The maximum Gasteiger partial charge on any atom is 0.433 e. The van der Waals surface area contributed by atoms with Crippen molar-refractivity contribution < 1.29 is 27.2 Å². The molecule has 0 bridgehead atoms. The summed E-state index contributed by atoms with van der Waals surface area (Å²) in [5.41, 5.74) is -1.72. The number of carbonyl (C=O) groups is 1. The molecule has 1 fully saturated rings. The molecule has 11 heteroatoms. The first-order valence-electron chi connectivity index (χ1n) is 9.17. The molecule has 3 heterocycles. The highest BCUT2D eigenvalue weighted by atomic mass is 32.2. The van der Waals surface area contributed by atoms with Gasteiger partial charge < -0.3 is 9.64 Å². The molecular formula is C18H22F4N4O2S. The fourth-order valence-corrected chi connectivity index (χ4v) is 4.29. The monoisotopic (exact) mass is 434 g/mol. The Kier molecular flexibility index (Phi) is 5.98. The molecule has 0 spiro atoms. The van der Waals surface area contributed by atoms with Crippen molar-refractivity contribution in [2.24, 2.45) is 11.0 Å². The van der Waals surface area contributed by atoms with Crippen LogP contribution in [0.5, 0.6) is 0 Å². The number of ether oxygens (including phenoxy) is 1. The van der Waals surface area contributed by atoms with E-state index in [-0.39, 0.29) is 28.4 Å². The summed E-state index contributed by atoms with van der Waals surface area (Å²) >= 11 is 1.02. The molecule has 1 aromatic rings. The molecule has 0 aromatic carbocycles. The van der Waals surface area contributed by atoms with Gasteiger partial charge in [-0.2, -0.15) is 13.2 Å². The number of nitrogens with zero attached hydrogens (tertiary/aromatic N) is 4. The molecule has 2 aliphatic rings. The predicted octanol–water partition coefficient (Wildman–Crippen LogP) is 4.67. The molecule has 1 amide bonds. The third kappa shape index (κ3) is 5.31. The van der Waals surface area contributed by atoms with Crippen LogP contribution in [0.15, 0.2) is 23.3 Å². The number of alkyl halides is 3. The van der Waals surface area contributed by atoms with Crippen LogP contribution in [0.3, 0.4) is 0 Å². The summed E-state index contributed by atoms with van der Waals surface area (Å²) in [6, 6.07) is 3.44. The Morgan fingerprint density at radius 3 is 2.66 bits per heavy atom. The van der Waals surface area contributed by atoms with E-state index in [0.29, 0.717) is 19.4 Å². The minimum absolute atomic E-state index is 0.0326. The maximum absolute atomic E-state index is 14.5. The van der Waals surface area contributed by atoms with E-state index in [9.17, 15) is 22.4 Å². The second-order valence-electron chi connectivity index (χ2n) is 7.94. The highest BCUT2D eigenvalue weighted by Gasteiger charge is 2.40. The van der Waals surface area contributed by atoms with Crippen LogP contribution in [0.25, 0.3) is 0 Å². The van der Waals surface area contributed by atoms with Crippen LogP contribution in [-0.2, 0) is 10.9 Å². The van der Waals surface area contributed by atoms with E-state index in [2.05, 4.69) is 10.1 Å². The van der Waals surface area contributed by atoms with Gasteiger partial charge in [-0.3, -0.25) is 0 Å². The summed E-state index contributed by atoms with van der Waals surface area (Å²) in [7, 11) is 0. The maximum atomic E-state index is 14.5. The van der Waals surface area contributed by atoms with Crippen LogP contribution >= 0.6 is 11.8 Å². The first-order chi connectivity index (χ1) is 13.4. The van der Waals surface area contributed by atoms with E-state index in [1.807, 2.05) is 0 Å². The van der Waals surface area contributed by atoms with Crippen molar-refractivity contribution in [1.82, 2.24) is 15.1 Å². The van der Waals surface area contributed by atoms with Crippen molar-refractivity contribution in [3.8, 4) is 0 Å². The normalized spacial score (nSPS) is 23.2. The van der Waals surface area contributed by atoms with Gasteiger partial charge in [-0.1, -0.05) is 22.3 Å². The third-order valence-corrected chi connectivity index (χ3v) is 5.71. The molecule has 2 aliphatic heterocycles. The molecule has 2 atom stereocenters. The molecule has 6 nitrogen and oxygen atoms in total. The van der Waals surface area contributed by atoms with Crippen molar-refractivity contribution in [2.45, 2.75) is 50.8 Å². The van der Waals surface area contributed by atoms with Crippen molar-refractivity contribution >= 4 is 22.9 Å². The van der Waals surface area contributed by atoms with Gasteiger partial charge in [0.25, 0.3) is 0 Å². The number of rotatable bonds is 2. The zero-order valence-corrected chi connectivity index (χ0v) is 17.1. The number of hydrazone groups is 1. The largest absolute Gasteiger partial charge is 0.444 e. The van der Waals surface area contributed by atoms with Crippen LogP contribution in [0, 0.1) is 5.92 Å². The Morgan fingerprint density at radius 1 is 1.28 bits per heavy atom. The molecule has 1 saturated heterocycles. The lowest BCUT2D eigenvalue weighted by Crippen LogP contribution is -2.46. The van der Waals surface area contributed by atoms with Gasteiger partial charge in [0.05, 0.1) is 5.69 Å². The summed E-state index contributed by atoms with van der Waals surface area (Å²) in [5, 5.41) is 3.34. The van der Waals surface area contributed by atoms with E-state index < -0.39 is 28.9 Å². The number of thioether (sulfide) groups is 1. The Bertz CT molecular complexity index is 797. The van der Waals surface area contributed by atoms with Gasteiger partial charge in [0.1, 0.15) is 21.7 Å². The van der Waals surface area contributed by atoms with E-state index in [1.54, 1.807) is 20.8 Å². The van der Waals surface area contributed by atoms with Gasteiger partial charge in [-0.15, -0.1) is 10.3 Å². The number of piperidine rings is 1. The fraction of sp³-hybridized carbons (Fsp3) is 0.611. The molecule has 0 N–H and O–H groups in total. The van der Waals surface area contributed by atoms with Crippen molar-refractivity contribution in [3.63, 3.8) is 0 Å². The number of amides is 1. The standard InChI is InChI=1S/C18H22F4N4O2S/c1-17(2,3)28-16(27)25-9-5-6-11(10-25)15-26(22)24-14(29-15)12-7-4-8-13(23-12)18(19,20)21/h4,7-8,11,15H,5-6,9-10H2,1-3H3. The summed E-state index contributed by atoms with van der Waals surface area (Å²) < 4.78 is 58.5. The SMILES string of the molecule is CC(C)(C)OC(=O)N1CCCC(C2SC(c3cccc(C(F)(F)F)n3)=NN2F)C1. The summed E-state index contributed by atoms with van der Waals surface area (Å²) in [6.07, 6.45) is -3.72. The van der Waals surface area contributed by atoms with E-state index in [4.69, 9.17) is 4.74 Å². The predicted molar refractivity (Wildman–Crippen MR) is 101 cm³/mol. The first kappa shape index (κ1) is 21.7. The fourth-order valence-electron chi connectivity index (χ4n) is 3.15. The molecule has 1 aromatic heterocycles. The Hall–Kier alpha value is -2.04. The minimum Gasteiger partial charge on any atom is -0.444 e. The average molecular weight is 434 g/mol. The second kappa shape index (κ2) is 8.00. The lowest BCUT2D eigenvalue weighted by molar-refractivity contribution is -0.141. The molecule has 0 radical (unpaired) electrons. The van der Waals surface area contributed by atoms with Gasteiger partial charge in [0.15, 0.2) is 0 Å². The van der Waals surface area contributed by atoms with Gasteiger partial charge in [-0.05, 0) is 45.7 Å². The zero-order chi connectivity index (χ0) is 21.4. The number of hydrogen-bond donors (Lipinski definition) is 0. The molecule has 2 unspecified atom stereocenters. The van der Waals surface area contributed by atoms with Crippen LogP contribution in [0.2, 0.25) is 0 Å². The Morgan fingerprint density at radius 2 is 2.00 bits per heavy atom. The highest BCUT2D eigenvalue weighted by molar-refractivity contribution is 8.15. The van der Waals surface area contributed by atoms with Crippen molar-refractivity contribution in [1.29, 1.82) is 0 Å². The summed E-state index contributed by atoms with van der Waals surface area (Å²) in [6.45, 7) is 6.10. The number of aromatic nitrogens is 1. The highest BCUT2D eigenvalue weighted by Crippen LogP contribution is 2.38. The van der Waals surface area contributed by atoms with E-state index in [1.165, 1.54) is 17.0 Å². The van der Waals surface area contributed by atoms with Crippen molar-refractivity contribution in [2.75, 3.05) is 13.1 Å². The quantitative estimate of drug-likeness (QED) is 0.500. The number of pyridine rings is 1. The molecule has 3 rings (SSSR count). The van der Waals surface area contributed by atoms with Crippen LogP contribution < -0.4 is 0 Å². The van der Waals surface area contributed by atoms with E-state index in [0.717, 1.165) is 17.8 Å². The third-order valence-electron chi connectivity index (χ3n) is 4.40. The summed E-state index contributed by atoms with van der Waals surface area (Å²) in [4.78, 5) is 17.4. The topological polar surface area (TPSA) is 58.0 Å². The van der Waals surface area contributed by atoms with Crippen LogP contribution in [0.1, 0.15) is 45.0 Å². The van der Waals surface area contributed by atoms with Gasteiger partial charge >= 0.3 is 12.3 Å². The zero-order valence-electron chi connectivity index (χ0n) is 16.2. The van der Waals surface area contributed by atoms with Gasteiger partial charge in [0.2, 0.25) is 0 Å². The summed E-state index contributed by atoms with van der Waals surface area (Å²) in [5.74, 6) is -0.252. The lowest BCUT2D eigenvalue weighted by atomic mass is 9.98. The Balaban J connectivity index is 1.69. The van der Waals surface area contributed by atoms with Crippen LogP contribution in [-0.4, -0.2) is 50.3 Å². The van der Waals surface area contributed by atoms with Crippen LogP contribution in [0.4, 0.5) is 22.4 Å². The smallest absolute Gasteiger partial charge is 0.433 e. The average Bonchev–Trinajstić information content (AvgIpc) is 3.02. The Labute approximate surface area is 170 Å². The first-order valence-corrected chi connectivity index (χ1v) is 10.0. The molecular weight excluding hydrogens is 412 g/mol. The number of carbonyl (C=O) groups excluding carboxylic acids is 1. The van der Waals surface area contributed by atoms with E-state index >= 15 is 0 Å². The van der Waals surface area contributed by atoms with Gasteiger partial charge in [-0.25, -0.2) is 9.78 Å². The molecule has 0 saturated carbocycles. The number of likely N-dealkylation sites (tertiary alicyclic amines) is 1. The number of hydrogen-bond acceptors (Lipinski definition) is 6. The van der Waals surface area contributed by atoms with Crippen molar-refractivity contribution in [3.05, 3.63) is 29.6 Å². The van der Waals surface area contributed by atoms with Gasteiger partial charge in [0, 0.05) is 19.0 Å². The lowest BCUT2D eigenvalue weighted by Gasteiger charge is -2.36. The molecule has 29 heavy (non-hydrogen) atoms. The minimum atomic E-state index is -4.59.